The lowest BCUT2D eigenvalue weighted by Crippen LogP contribution is -2.53. The molecule has 3 aromatic rings. The van der Waals surface area contributed by atoms with Crippen LogP contribution in [0.1, 0.15) is 43.9 Å². The Morgan fingerprint density at radius 1 is 0.875 bits per heavy atom. The van der Waals surface area contributed by atoms with Crippen LogP contribution in [0.5, 0.6) is 0 Å². The molecule has 7 nitrogen and oxygen atoms in total. The van der Waals surface area contributed by atoms with Gasteiger partial charge in [-0.25, -0.2) is 8.42 Å². The first-order chi connectivity index (χ1) is 18.8. The van der Waals surface area contributed by atoms with Gasteiger partial charge in [0.05, 0.1) is 10.6 Å². The third-order valence-corrected chi connectivity index (χ3v) is 8.91. The summed E-state index contributed by atoms with van der Waals surface area (Å²) in [5, 5.41) is 3.55. The zero-order chi connectivity index (χ0) is 29.6. The molecule has 1 N–H and O–H groups in total. The molecule has 0 aliphatic rings. The van der Waals surface area contributed by atoms with E-state index in [4.69, 9.17) is 23.2 Å². The van der Waals surface area contributed by atoms with Crippen LogP contribution in [-0.2, 0) is 26.2 Å². The molecule has 0 bridgehead atoms. The van der Waals surface area contributed by atoms with Gasteiger partial charge in [-0.2, -0.15) is 0 Å². The standard InChI is InChI=1S/C30H35Cl2N3O4S/c1-6-28(30(37)33-20(2)3)34(18-25-26(31)8-7-9-27(25)32)29(36)19-35(23-14-10-21(4)11-15-23)40(38,39)24-16-12-22(5)13-17-24/h7-17,20,28H,6,18-19H2,1-5H3,(H,33,37)/t28-/m0/s1. The molecule has 0 aromatic heterocycles. The number of benzene rings is 3. The van der Waals surface area contributed by atoms with Gasteiger partial charge >= 0.3 is 0 Å². The van der Waals surface area contributed by atoms with Crippen molar-refractivity contribution < 1.29 is 18.0 Å². The molecule has 40 heavy (non-hydrogen) atoms. The van der Waals surface area contributed by atoms with Crippen molar-refractivity contribution in [3.05, 3.63) is 93.5 Å². The Balaban J connectivity index is 2.10. The van der Waals surface area contributed by atoms with Gasteiger partial charge in [-0.1, -0.05) is 71.6 Å². The SMILES string of the molecule is CC[C@@H](C(=O)NC(C)C)N(Cc1c(Cl)cccc1Cl)C(=O)CN(c1ccc(C)cc1)S(=O)(=O)c1ccc(C)cc1. The normalized spacial score (nSPS) is 12.2. The highest BCUT2D eigenvalue weighted by Crippen LogP contribution is 2.29. The summed E-state index contributed by atoms with van der Waals surface area (Å²) < 4.78 is 28.9. The third kappa shape index (κ3) is 7.56. The van der Waals surface area contributed by atoms with Crippen molar-refractivity contribution >= 4 is 50.7 Å². The molecule has 0 spiro atoms. The van der Waals surface area contributed by atoms with E-state index >= 15 is 0 Å². The Morgan fingerprint density at radius 2 is 1.40 bits per heavy atom. The molecule has 0 radical (unpaired) electrons. The van der Waals surface area contributed by atoms with Crippen LogP contribution in [0, 0.1) is 13.8 Å². The summed E-state index contributed by atoms with van der Waals surface area (Å²) in [6, 6.07) is 17.3. The number of anilines is 1. The van der Waals surface area contributed by atoms with Crippen molar-refractivity contribution in [3.8, 4) is 0 Å². The molecule has 10 heteroatoms. The fourth-order valence-corrected chi connectivity index (χ4v) is 6.16. The highest BCUT2D eigenvalue weighted by Gasteiger charge is 2.34. The maximum absolute atomic E-state index is 14.1. The van der Waals surface area contributed by atoms with E-state index in [1.807, 2.05) is 27.7 Å². The predicted octanol–water partition coefficient (Wildman–Crippen LogP) is 6.14. The van der Waals surface area contributed by atoms with Gasteiger partial charge in [-0.15, -0.1) is 0 Å². The Hall–Kier alpha value is -3.07. The van der Waals surface area contributed by atoms with Crippen LogP contribution >= 0.6 is 23.2 Å². The number of aryl methyl sites for hydroxylation is 2. The van der Waals surface area contributed by atoms with Gasteiger partial charge in [0.2, 0.25) is 11.8 Å². The molecular formula is C30H35Cl2N3O4S. The number of nitrogens with one attached hydrogen (secondary N) is 1. The van der Waals surface area contributed by atoms with E-state index < -0.39 is 28.5 Å². The number of nitrogens with zero attached hydrogens (tertiary/aromatic N) is 2. The van der Waals surface area contributed by atoms with Crippen molar-refractivity contribution in [2.45, 2.75) is 64.6 Å². The minimum absolute atomic E-state index is 0.0526. The molecular weight excluding hydrogens is 569 g/mol. The van der Waals surface area contributed by atoms with E-state index in [1.165, 1.54) is 17.0 Å². The zero-order valence-corrected chi connectivity index (χ0v) is 25.6. The van der Waals surface area contributed by atoms with Crippen LogP contribution in [0.2, 0.25) is 10.0 Å². The van der Waals surface area contributed by atoms with Gasteiger partial charge in [0.25, 0.3) is 10.0 Å². The Labute approximate surface area is 247 Å². The summed E-state index contributed by atoms with van der Waals surface area (Å²) in [4.78, 5) is 28.7. The molecule has 0 saturated carbocycles. The van der Waals surface area contributed by atoms with Crippen molar-refractivity contribution in [1.82, 2.24) is 10.2 Å². The van der Waals surface area contributed by atoms with Crippen LogP contribution in [0.25, 0.3) is 0 Å². The molecule has 0 heterocycles. The second-order valence-electron chi connectivity index (χ2n) is 9.97. The van der Waals surface area contributed by atoms with Gasteiger partial charge in [0, 0.05) is 28.2 Å². The Morgan fingerprint density at radius 3 is 1.90 bits per heavy atom. The molecule has 3 rings (SSSR count). The second-order valence-corrected chi connectivity index (χ2v) is 12.6. The maximum Gasteiger partial charge on any atom is 0.264 e. The monoisotopic (exact) mass is 603 g/mol. The number of amides is 2. The van der Waals surface area contributed by atoms with E-state index in [-0.39, 0.29) is 23.4 Å². The first kappa shape index (κ1) is 31.5. The lowest BCUT2D eigenvalue weighted by Gasteiger charge is -2.34. The summed E-state index contributed by atoms with van der Waals surface area (Å²) in [5.41, 5.74) is 2.64. The summed E-state index contributed by atoms with van der Waals surface area (Å²) in [6.45, 7) is 8.59. The maximum atomic E-state index is 14.1. The van der Waals surface area contributed by atoms with Gasteiger partial charge in [-0.05, 0) is 70.5 Å². The molecule has 214 valence electrons. The van der Waals surface area contributed by atoms with Crippen molar-refractivity contribution in [1.29, 1.82) is 0 Å². The Kier molecular flexibility index (Phi) is 10.6. The summed E-state index contributed by atoms with van der Waals surface area (Å²) in [6.07, 6.45) is 0.293. The van der Waals surface area contributed by atoms with E-state index in [1.54, 1.807) is 61.5 Å². The largest absolute Gasteiger partial charge is 0.352 e. The summed E-state index contributed by atoms with van der Waals surface area (Å²) >= 11 is 12.9. The number of hydrogen-bond acceptors (Lipinski definition) is 4. The number of sulfonamides is 1. The van der Waals surface area contributed by atoms with E-state index in [0.717, 1.165) is 15.4 Å². The van der Waals surface area contributed by atoms with Gasteiger partial charge in [0.1, 0.15) is 12.6 Å². The van der Waals surface area contributed by atoms with Crippen LogP contribution in [0.15, 0.2) is 71.6 Å². The Bertz CT molecular complexity index is 1420. The van der Waals surface area contributed by atoms with Crippen LogP contribution in [0.4, 0.5) is 5.69 Å². The van der Waals surface area contributed by atoms with Gasteiger partial charge in [-0.3, -0.25) is 13.9 Å². The fourth-order valence-electron chi connectivity index (χ4n) is 4.23. The van der Waals surface area contributed by atoms with Crippen molar-refractivity contribution in [3.63, 3.8) is 0 Å². The summed E-state index contributed by atoms with van der Waals surface area (Å²) in [5.74, 6) is -0.921. The number of carbonyl (C=O) groups is 2. The van der Waals surface area contributed by atoms with Gasteiger partial charge in [0.15, 0.2) is 0 Å². The van der Waals surface area contributed by atoms with Crippen molar-refractivity contribution in [2.75, 3.05) is 10.8 Å². The molecule has 0 aliphatic carbocycles. The number of hydrogen-bond donors (Lipinski definition) is 1. The average Bonchev–Trinajstić information content (AvgIpc) is 2.89. The molecule has 0 fully saturated rings. The molecule has 3 aromatic carbocycles. The molecule has 1 atom stereocenters. The third-order valence-electron chi connectivity index (χ3n) is 6.42. The minimum Gasteiger partial charge on any atom is -0.352 e. The molecule has 2 amide bonds. The van der Waals surface area contributed by atoms with Gasteiger partial charge < -0.3 is 10.2 Å². The van der Waals surface area contributed by atoms with E-state index in [2.05, 4.69) is 5.32 Å². The highest BCUT2D eigenvalue weighted by molar-refractivity contribution is 7.92. The molecule has 0 saturated heterocycles. The van der Waals surface area contributed by atoms with E-state index in [9.17, 15) is 18.0 Å². The first-order valence-electron chi connectivity index (χ1n) is 13.0. The first-order valence-corrected chi connectivity index (χ1v) is 15.2. The fraction of sp³-hybridized carbons (Fsp3) is 0.333. The lowest BCUT2D eigenvalue weighted by atomic mass is 10.1. The quantitative estimate of drug-likeness (QED) is 0.285. The predicted molar refractivity (Wildman–Crippen MR) is 161 cm³/mol. The lowest BCUT2D eigenvalue weighted by molar-refractivity contribution is -0.140. The molecule has 0 unspecified atom stereocenters. The molecule has 0 aliphatic heterocycles. The number of rotatable bonds is 11. The average molecular weight is 605 g/mol. The van der Waals surface area contributed by atoms with E-state index in [0.29, 0.717) is 27.7 Å². The minimum atomic E-state index is -4.14. The van der Waals surface area contributed by atoms with Crippen molar-refractivity contribution in [2.24, 2.45) is 0 Å². The topological polar surface area (TPSA) is 86.8 Å². The van der Waals surface area contributed by atoms with Crippen LogP contribution in [-0.4, -0.2) is 43.8 Å². The zero-order valence-electron chi connectivity index (χ0n) is 23.3. The van der Waals surface area contributed by atoms with Crippen LogP contribution < -0.4 is 9.62 Å². The number of carbonyl (C=O) groups excluding carboxylic acids is 2. The number of halogens is 2. The van der Waals surface area contributed by atoms with Crippen LogP contribution in [0.3, 0.4) is 0 Å². The highest BCUT2D eigenvalue weighted by atomic mass is 35.5. The summed E-state index contributed by atoms with van der Waals surface area (Å²) in [7, 11) is -4.14. The smallest absolute Gasteiger partial charge is 0.264 e. The second kappa shape index (κ2) is 13.5.